The van der Waals surface area contributed by atoms with Gasteiger partial charge in [-0.25, -0.2) is 4.98 Å². The summed E-state index contributed by atoms with van der Waals surface area (Å²) in [4.78, 5) is 3.93. The first-order chi connectivity index (χ1) is 6.95. The molecule has 0 aliphatic rings. The highest BCUT2D eigenvalue weighted by Gasteiger charge is 2.38. The maximum atomic E-state index is 12.1. The maximum absolute atomic E-state index is 12.1. The molecule has 1 N–H and O–H groups in total. The zero-order chi connectivity index (χ0) is 11.5. The number of hydrogen-bond acceptors (Lipinski definition) is 2. The lowest BCUT2D eigenvalue weighted by Gasteiger charge is -2.16. The summed E-state index contributed by atoms with van der Waals surface area (Å²) in [6.07, 6.45) is -2.61. The van der Waals surface area contributed by atoms with Crippen LogP contribution in [0.2, 0.25) is 0 Å². The van der Waals surface area contributed by atoms with E-state index in [2.05, 4.69) is 4.98 Å². The van der Waals surface area contributed by atoms with Gasteiger partial charge in [-0.05, 0) is 6.42 Å². The van der Waals surface area contributed by atoms with Gasteiger partial charge in [-0.2, -0.15) is 13.2 Å². The summed E-state index contributed by atoms with van der Waals surface area (Å²) in [7, 11) is 0. The van der Waals surface area contributed by atoms with E-state index in [9.17, 15) is 13.2 Å². The topological polar surface area (TPSA) is 38.0 Å². The number of nitrogens with zero attached hydrogens (tertiary/aromatic N) is 2. The van der Waals surface area contributed by atoms with Gasteiger partial charge in [-0.15, -0.1) is 0 Å². The van der Waals surface area contributed by atoms with Crippen LogP contribution in [-0.2, 0) is 13.0 Å². The molecule has 0 fully saturated rings. The van der Waals surface area contributed by atoms with Gasteiger partial charge < -0.3 is 9.67 Å². The average Bonchev–Trinajstić information content (AvgIpc) is 2.52. The molecular weight excluding hydrogens is 209 g/mol. The highest BCUT2D eigenvalue weighted by atomic mass is 19.4. The third-order valence-corrected chi connectivity index (χ3v) is 2.02. The SMILES string of the molecule is CCCc1nccn1CC(O)C(F)(F)F. The van der Waals surface area contributed by atoms with Crippen LogP contribution in [0.5, 0.6) is 0 Å². The zero-order valence-corrected chi connectivity index (χ0v) is 8.33. The molecule has 86 valence electrons. The molecule has 15 heavy (non-hydrogen) atoms. The lowest BCUT2D eigenvalue weighted by atomic mass is 10.3. The first kappa shape index (κ1) is 12.0. The summed E-state index contributed by atoms with van der Waals surface area (Å²) in [6, 6.07) is 0. The molecule has 0 aliphatic heterocycles. The number of alkyl halides is 3. The molecule has 0 saturated heterocycles. The summed E-state index contributed by atoms with van der Waals surface area (Å²) in [5, 5.41) is 8.88. The standard InChI is InChI=1S/C9H13F3N2O/c1-2-3-8-13-4-5-14(8)6-7(15)9(10,11)12/h4-5,7,15H,2-3,6H2,1H3. The van der Waals surface area contributed by atoms with Crippen molar-refractivity contribution in [1.82, 2.24) is 9.55 Å². The van der Waals surface area contributed by atoms with Crippen molar-refractivity contribution in [2.75, 3.05) is 0 Å². The molecule has 6 heteroatoms. The van der Waals surface area contributed by atoms with Gasteiger partial charge in [-0.1, -0.05) is 6.92 Å². The molecule has 3 nitrogen and oxygen atoms in total. The maximum Gasteiger partial charge on any atom is 0.416 e. The average molecular weight is 222 g/mol. The van der Waals surface area contributed by atoms with E-state index in [-0.39, 0.29) is 0 Å². The normalized spacial score (nSPS) is 14.2. The number of hydrogen-bond donors (Lipinski definition) is 1. The van der Waals surface area contributed by atoms with E-state index in [1.807, 2.05) is 6.92 Å². The molecule has 1 unspecified atom stereocenters. The second-order valence-corrected chi connectivity index (χ2v) is 3.30. The Morgan fingerprint density at radius 1 is 1.53 bits per heavy atom. The highest BCUT2D eigenvalue weighted by Crippen LogP contribution is 2.21. The van der Waals surface area contributed by atoms with Crippen molar-refractivity contribution in [3.05, 3.63) is 18.2 Å². The predicted molar refractivity (Wildman–Crippen MR) is 48.3 cm³/mol. The number of aliphatic hydroxyl groups is 1. The van der Waals surface area contributed by atoms with Crippen LogP contribution in [0.4, 0.5) is 13.2 Å². The summed E-state index contributed by atoms with van der Waals surface area (Å²) in [5.74, 6) is 0.570. The Bertz CT molecular complexity index is 309. The van der Waals surface area contributed by atoms with Gasteiger partial charge in [0.2, 0.25) is 0 Å². The van der Waals surface area contributed by atoms with Gasteiger partial charge in [0.15, 0.2) is 6.10 Å². The molecule has 1 aromatic heterocycles. The smallest absolute Gasteiger partial charge is 0.382 e. The minimum atomic E-state index is -4.58. The third-order valence-electron chi connectivity index (χ3n) is 2.02. The van der Waals surface area contributed by atoms with Crippen molar-refractivity contribution in [2.45, 2.75) is 38.6 Å². The first-order valence-corrected chi connectivity index (χ1v) is 4.70. The quantitative estimate of drug-likeness (QED) is 0.842. The van der Waals surface area contributed by atoms with E-state index >= 15 is 0 Å². The fraction of sp³-hybridized carbons (Fsp3) is 0.667. The van der Waals surface area contributed by atoms with Gasteiger partial charge in [0.25, 0.3) is 0 Å². The van der Waals surface area contributed by atoms with E-state index in [1.54, 1.807) is 0 Å². The summed E-state index contributed by atoms with van der Waals surface area (Å²) >= 11 is 0. The fourth-order valence-corrected chi connectivity index (χ4v) is 1.25. The number of aryl methyl sites for hydroxylation is 1. The van der Waals surface area contributed by atoms with Crippen molar-refractivity contribution in [1.29, 1.82) is 0 Å². The Morgan fingerprint density at radius 2 is 2.20 bits per heavy atom. The molecular formula is C9H13F3N2O. The van der Waals surface area contributed by atoms with Crippen molar-refractivity contribution in [3.8, 4) is 0 Å². The van der Waals surface area contributed by atoms with Crippen LogP contribution in [0, 0.1) is 0 Å². The second kappa shape index (κ2) is 4.65. The number of imidazole rings is 1. The molecule has 1 aromatic rings. The number of halogens is 3. The number of aromatic nitrogens is 2. The predicted octanol–water partition coefficient (Wildman–Crippen LogP) is 1.76. The van der Waals surface area contributed by atoms with Crippen LogP contribution in [0.15, 0.2) is 12.4 Å². The Kier molecular flexibility index (Phi) is 3.73. The highest BCUT2D eigenvalue weighted by molar-refractivity contribution is 4.93. The van der Waals surface area contributed by atoms with Crippen LogP contribution in [0.25, 0.3) is 0 Å². The molecule has 0 radical (unpaired) electrons. The summed E-state index contributed by atoms with van der Waals surface area (Å²) in [6.45, 7) is 1.43. The lowest BCUT2D eigenvalue weighted by Crippen LogP contribution is -2.33. The molecule has 0 aliphatic carbocycles. The van der Waals surface area contributed by atoms with E-state index in [0.717, 1.165) is 6.42 Å². The second-order valence-electron chi connectivity index (χ2n) is 3.30. The Balaban J connectivity index is 2.68. The monoisotopic (exact) mass is 222 g/mol. The van der Waals surface area contributed by atoms with Crippen molar-refractivity contribution >= 4 is 0 Å². The first-order valence-electron chi connectivity index (χ1n) is 4.70. The van der Waals surface area contributed by atoms with Gasteiger partial charge >= 0.3 is 6.18 Å². The van der Waals surface area contributed by atoms with E-state index in [4.69, 9.17) is 5.11 Å². The van der Waals surface area contributed by atoms with Gasteiger partial charge in [0.1, 0.15) is 5.82 Å². The minimum absolute atomic E-state index is 0.487. The van der Waals surface area contributed by atoms with Crippen LogP contribution >= 0.6 is 0 Å². The lowest BCUT2D eigenvalue weighted by molar-refractivity contribution is -0.207. The van der Waals surface area contributed by atoms with E-state index in [0.29, 0.717) is 12.2 Å². The molecule has 0 amide bonds. The Hall–Kier alpha value is -1.04. The van der Waals surface area contributed by atoms with E-state index in [1.165, 1.54) is 17.0 Å². The van der Waals surface area contributed by atoms with Gasteiger partial charge in [0, 0.05) is 18.8 Å². The summed E-state index contributed by atoms with van der Waals surface area (Å²) in [5.41, 5.74) is 0. The number of rotatable bonds is 4. The van der Waals surface area contributed by atoms with Crippen LogP contribution < -0.4 is 0 Å². The van der Waals surface area contributed by atoms with Gasteiger partial charge in [0.05, 0.1) is 6.54 Å². The summed E-state index contributed by atoms with van der Waals surface area (Å²) < 4.78 is 37.6. The Labute approximate surface area is 85.6 Å². The van der Waals surface area contributed by atoms with Crippen LogP contribution in [-0.4, -0.2) is 26.9 Å². The molecule has 1 atom stereocenters. The van der Waals surface area contributed by atoms with Crippen LogP contribution in [0.3, 0.4) is 0 Å². The minimum Gasteiger partial charge on any atom is -0.382 e. The molecule has 0 spiro atoms. The third kappa shape index (κ3) is 3.23. The Morgan fingerprint density at radius 3 is 2.73 bits per heavy atom. The van der Waals surface area contributed by atoms with Crippen molar-refractivity contribution in [3.63, 3.8) is 0 Å². The fourth-order valence-electron chi connectivity index (χ4n) is 1.25. The van der Waals surface area contributed by atoms with Crippen molar-refractivity contribution in [2.24, 2.45) is 0 Å². The van der Waals surface area contributed by atoms with Crippen molar-refractivity contribution < 1.29 is 18.3 Å². The molecule has 0 aromatic carbocycles. The molecule has 1 heterocycles. The van der Waals surface area contributed by atoms with E-state index < -0.39 is 18.8 Å². The molecule has 1 rings (SSSR count). The largest absolute Gasteiger partial charge is 0.416 e. The molecule has 0 bridgehead atoms. The van der Waals surface area contributed by atoms with Gasteiger partial charge in [-0.3, -0.25) is 0 Å². The van der Waals surface area contributed by atoms with Crippen LogP contribution in [0.1, 0.15) is 19.2 Å². The zero-order valence-electron chi connectivity index (χ0n) is 8.33. The molecule has 0 saturated carbocycles. The number of aliphatic hydroxyl groups excluding tert-OH is 1.